The highest BCUT2D eigenvalue weighted by atomic mass is 19.4. The minimum atomic E-state index is -4.59. The van der Waals surface area contributed by atoms with Crippen molar-refractivity contribution in [3.63, 3.8) is 0 Å². The number of hydrogen-bond acceptors (Lipinski definition) is 8. The molecule has 2 fully saturated rings. The van der Waals surface area contributed by atoms with Gasteiger partial charge in [-0.05, 0) is 50.5 Å². The number of nitrogens with zero attached hydrogens (tertiary/aromatic N) is 4. The summed E-state index contributed by atoms with van der Waals surface area (Å²) in [5.74, 6) is -0.647. The Morgan fingerprint density at radius 1 is 1.17 bits per heavy atom. The number of halogens is 3. The number of alkyl halides is 3. The van der Waals surface area contributed by atoms with E-state index >= 15 is 0 Å². The number of pyridine rings is 2. The zero-order valence-corrected chi connectivity index (χ0v) is 19.4. The first-order chi connectivity index (χ1) is 17.1. The van der Waals surface area contributed by atoms with E-state index in [9.17, 15) is 27.9 Å². The molecule has 10 nitrogen and oxygen atoms in total. The third kappa shape index (κ3) is 4.87. The molecule has 2 amide bonds. The molecule has 1 unspecified atom stereocenters. The highest BCUT2D eigenvalue weighted by Crippen LogP contribution is 2.39. The van der Waals surface area contributed by atoms with Crippen LogP contribution in [0.15, 0.2) is 30.5 Å². The van der Waals surface area contributed by atoms with Crippen LogP contribution in [0, 0.1) is 0 Å². The molecule has 0 radical (unpaired) electrons. The van der Waals surface area contributed by atoms with Crippen LogP contribution in [0.1, 0.15) is 47.0 Å². The van der Waals surface area contributed by atoms with E-state index in [1.165, 1.54) is 18.3 Å². The second kappa shape index (κ2) is 9.12. The van der Waals surface area contributed by atoms with Gasteiger partial charge in [0.2, 0.25) is 6.35 Å². The van der Waals surface area contributed by atoms with E-state index < -0.39 is 24.5 Å². The minimum absolute atomic E-state index is 0.152. The summed E-state index contributed by atoms with van der Waals surface area (Å²) < 4.78 is 38.7. The van der Waals surface area contributed by atoms with E-state index in [0.29, 0.717) is 30.8 Å². The summed E-state index contributed by atoms with van der Waals surface area (Å²) in [5, 5.41) is 18.8. The van der Waals surface area contributed by atoms with Gasteiger partial charge in [0, 0.05) is 30.9 Å². The standard InChI is InChI=1S/C23H26F3N7O3/c1-12(23(24,25)26)28-21(35)16-4-5-17-19(30-16)33(15-7-9-32(17)11-15)22(36)31-18-10-13(6-8-27-18)20(34)29-14-2-3-14/h4-6,8,10,12,14-15,22,36H,2-3,7,9,11H2,1H3,(H,27,31)(H,28,35)(H,29,34)/t12-,15+,22?/m1/s1. The second-order valence-electron chi connectivity index (χ2n) is 9.27. The lowest BCUT2D eigenvalue weighted by Gasteiger charge is -2.40. The van der Waals surface area contributed by atoms with E-state index in [1.54, 1.807) is 17.0 Å². The molecule has 2 aromatic rings. The van der Waals surface area contributed by atoms with Gasteiger partial charge in [-0.15, -0.1) is 0 Å². The van der Waals surface area contributed by atoms with Gasteiger partial charge in [-0.2, -0.15) is 13.2 Å². The van der Waals surface area contributed by atoms with E-state index in [-0.39, 0.29) is 35.3 Å². The van der Waals surface area contributed by atoms with Crippen LogP contribution >= 0.6 is 0 Å². The van der Waals surface area contributed by atoms with Gasteiger partial charge in [-0.3, -0.25) is 9.59 Å². The summed E-state index contributed by atoms with van der Waals surface area (Å²) in [6.45, 7) is 2.17. The molecule has 2 aromatic heterocycles. The molecule has 192 valence electrons. The maximum Gasteiger partial charge on any atom is 0.408 e. The van der Waals surface area contributed by atoms with Crippen LogP contribution in [0.2, 0.25) is 0 Å². The number of hydrogen-bond donors (Lipinski definition) is 4. The van der Waals surface area contributed by atoms with Gasteiger partial charge < -0.3 is 30.9 Å². The van der Waals surface area contributed by atoms with Crippen molar-refractivity contribution in [3.8, 4) is 0 Å². The van der Waals surface area contributed by atoms with Crippen molar-refractivity contribution < 1.29 is 27.9 Å². The number of nitrogens with one attached hydrogen (secondary N) is 3. The number of carbonyl (C=O) groups is 2. The van der Waals surface area contributed by atoms with E-state index in [0.717, 1.165) is 19.8 Å². The number of aliphatic hydroxyl groups is 1. The number of amides is 2. The zero-order chi connectivity index (χ0) is 25.6. The maximum atomic E-state index is 12.9. The number of rotatable bonds is 7. The first kappa shape index (κ1) is 24.1. The number of carbonyl (C=O) groups excluding carboxylic acids is 2. The summed E-state index contributed by atoms with van der Waals surface area (Å²) in [7, 11) is 0. The zero-order valence-electron chi connectivity index (χ0n) is 19.4. The molecule has 1 aliphatic carbocycles. The lowest BCUT2D eigenvalue weighted by Crippen LogP contribution is -2.52. The largest absolute Gasteiger partial charge is 0.408 e. The number of anilines is 3. The minimum Gasteiger partial charge on any atom is -0.366 e. The quantitative estimate of drug-likeness (QED) is 0.421. The van der Waals surface area contributed by atoms with Crippen LogP contribution in [-0.2, 0) is 0 Å². The fourth-order valence-electron chi connectivity index (χ4n) is 4.38. The Morgan fingerprint density at radius 2 is 1.94 bits per heavy atom. The maximum absolute atomic E-state index is 12.9. The van der Waals surface area contributed by atoms with Crippen LogP contribution in [0.4, 0.5) is 30.5 Å². The third-order valence-electron chi connectivity index (χ3n) is 6.54. The Labute approximate surface area is 204 Å². The summed E-state index contributed by atoms with van der Waals surface area (Å²) in [6, 6.07) is 4.11. The van der Waals surface area contributed by atoms with Crippen molar-refractivity contribution in [2.45, 2.75) is 56.8 Å². The van der Waals surface area contributed by atoms with Gasteiger partial charge in [0.25, 0.3) is 11.8 Å². The predicted molar refractivity (Wildman–Crippen MR) is 125 cm³/mol. The van der Waals surface area contributed by atoms with Crippen LogP contribution in [0.25, 0.3) is 0 Å². The molecule has 2 aliphatic heterocycles. The third-order valence-corrected chi connectivity index (χ3v) is 6.54. The lowest BCUT2D eigenvalue weighted by atomic mass is 10.1. The molecule has 4 heterocycles. The summed E-state index contributed by atoms with van der Waals surface area (Å²) >= 11 is 0. The highest BCUT2D eigenvalue weighted by Gasteiger charge is 2.41. The monoisotopic (exact) mass is 505 g/mol. The number of aliphatic hydroxyl groups excluding tert-OH is 1. The van der Waals surface area contributed by atoms with Gasteiger partial charge in [0.1, 0.15) is 17.6 Å². The summed E-state index contributed by atoms with van der Waals surface area (Å²) in [4.78, 5) is 37.0. The summed E-state index contributed by atoms with van der Waals surface area (Å²) in [5.41, 5.74) is 0.866. The topological polar surface area (TPSA) is 123 Å². The average Bonchev–Trinajstić information content (AvgIpc) is 3.55. The number of aromatic nitrogens is 2. The Hall–Kier alpha value is -3.61. The molecule has 13 heteroatoms. The van der Waals surface area contributed by atoms with E-state index in [1.807, 2.05) is 5.32 Å². The van der Waals surface area contributed by atoms with Gasteiger partial charge in [-0.25, -0.2) is 9.97 Å². The average molecular weight is 506 g/mol. The first-order valence-corrected chi connectivity index (χ1v) is 11.7. The Kier molecular flexibility index (Phi) is 6.10. The lowest BCUT2D eigenvalue weighted by molar-refractivity contribution is -0.149. The van der Waals surface area contributed by atoms with Crippen LogP contribution in [-0.4, -0.2) is 70.6 Å². The highest BCUT2D eigenvalue weighted by molar-refractivity contribution is 5.95. The van der Waals surface area contributed by atoms with Crippen molar-refractivity contribution in [2.75, 3.05) is 28.2 Å². The van der Waals surface area contributed by atoms with Crippen molar-refractivity contribution >= 4 is 29.1 Å². The molecular weight excluding hydrogens is 479 g/mol. The molecule has 1 saturated carbocycles. The molecule has 36 heavy (non-hydrogen) atoms. The van der Waals surface area contributed by atoms with Crippen molar-refractivity contribution in [2.24, 2.45) is 0 Å². The fourth-order valence-corrected chi connectivity index (χ4v) is 4.38. The fraction of sp³-hybridized carbons (Fsp3) is 0.478. The van der Waals surface area contributed by atoms with Crippen LogP contribution in [0.5, 0.6) is 0 Å². The van der Waals surface area contributed by atoms with Gasteiger partial charge in [-0.1, -0.05) is 0 Å². The number of fused-ring (bicyclic) bond motifs is 4. The van der Waals surface area contributed by atoms with Gasteiger partial charge in [0.15, 0.2) is 5.82 Å². The van der Waals surface area contributed by atoms with Crippen molar-refractivity contribution in [1.29, 1.82) is 0 Å². The normalized spacial score (nSPS) is 20.4. The molecule has 0 spiro atoms. The molecule has 5 rings (SSSR count). The van der Waals surface area contributed by atoms with E-state index in [2.05, 4.69) is 25.5 Å². The molecule has 3 aliphatic rings. The summed E-state index contributed by atoms with van der Waals surface area (Å²) in [6.07, 6.45) is -1.83. The van der Waals surface area contributed by atoms with Gasteiger partial charge >= 0.3 is 6.18 Å². The molecular formula is C23H26F3N7O3. The Balaban J connectivity index is 1.37. The second-order valence-corrected chi connectivity index (χ2v) is 9.27. The van der Waals surface area contributed by atoms with Crippen molar-refractivity contribution in [1.82, 2.24) is 20.6 Å². The first-order valence-electron chi connectivity index (χ1n) is 11.7. The van der Waals surface area contributed by atoms with E-state index in [4.69, 9.17) is 0 Å². The Morgan fingerprint density at radius 3 is 2.67 bits per heavy atom. The van der Waals surface area contributed by atoms with Crippen LogP contribution in [0.3, 0.4) is 0 Å². The predicted octanol–water partition coefficient (Wildman–Crippen LogP) is 1.84. The molecule has 3 atom stereocenters. The Bertz CT molecular complexity index is 1170. The van der Waals surface area contributed by atoms with Gasteiger partial charge in [0.05, 0.1) is 11.7 Å². The SMILES string of the molecule is C[C@@H](NC(=O)c1ccc2c(n1)N(C(O)Nc1cc(C(=O)NC3CC3)ccn1)[C@H]1CCN2C1)C(F)(F)F. The molecule has 4 N–H and O–H groups in total. The molecule has 0 aromatic carbocycles. The molecule has 2 bridgehead atoms. The smallest absolute Gasteiger partial charge is 0.366 e. The van der Waals surface area contributed by atoms with Crippen molar-refractivity contribution in [3.05, 3.63) is 41.7 Å². The molecule has 1 saturated heterocycles. The van der Waals surface area contributed by atoms with Crippen LogP contribution < -0.4 is 25.8 Å².